The van der Waals surface area contributed by atoms with Crippen molar-refractivity contribution >= 4 is 45.7 Å². The molecule has 0 radical (unpaired) electrons. The first-order valence-electron chi connectivity index (χ1n) is 12.7. The smallest absolute Gasteiger partial charge is 0.301 e. The van der Waals surface area contributed by atoms with E-state index < -0.39 is 17.7 Å². The molecule has 1 aromatic heterocycles. The van der Waals surface area contributed by atoms with Gasteiger partial charge in [-0.25, -0.2) is 0 Å². The summed E-state index contributed by atoms with van der Waals surface area (Å²) < 4.78 is 11.8. The van der Waals surface area contributed by atoms with E-state index in [0.29, 0.717) is 33.4 Å². The molecule has 0 saturated carbocycles. The molecule has 1 N–H and O–H groups in total. The molecule has 0 aliphatic carbocycles. The van der Waals surface area contributed by atoms with Crippen LogP contribution in [0.15, 0.2) is 82.7 Å². The number of aromatic nitrogens is 2. The number of carbonyl (C=O) groups excluding carboxylic acids is 2. The number of aliphatic hydroxyl groups excluding tert-OH is 1. The number of methoxy groups -OCH3 is 1. The van der Waals surface area contributed by atoms with Crippen molar-refractivity contribution < 1.29 is 24.2 Å². The Balaban J connectivity index is 1.40. The predicted molar refractivity (Wildman–Crippen MR) is 154 cm³/mol. The molecule has 10 heteroatoms. The summed E-state index contributed by atoms with van der Waals surface area (Å²) in [7, 11) is 1.56. The molecule has 2 atom stereocenters. The molecule has 0 unspecified atom stereocenters. The molecule has 40 heavy (non-hydrogen) atoms. The standard InChI is InChI=1S/C30H25N3O5S2/c1-17-14-21-15-20(10-13-23(21)38-17)26(34)24-25(19-8-11-22(37-2)12-9-19)33(28(36)27(24)35)29-31-32-30(40-29)39-16-18-6-4-3-5-7-18/h3-13,15,17,25,34H,14,16H2,1-2H3/t17-,25-/m0/s1. The van der Waals surface area contributed by atoms with Crippen molar-refractivity contribution in [2.24, 2.45) is 0 Å². The zero-order chi connectivity index (χ0) is 27.8. The lowest BCUT2D eigenvalue weighted by atomic mass is 9.94. The Hall–Kier alpha value is -4.15. The summed E-state index contributed by atoms with van der Waals surface area (Å²) in [5, 5.41) is 20.3. The summed E-state index contributed by atoms with van der Waals surface area (Å²) >= 11 is 2.74. The first-order chi connectivity index (χ1) is 19.4. The molecule has 202 valence electrons. The summed E-state index contributed by atoms with van der Waals surface area (Å²) in [6.07, 6.45) is 0.726. The minimum Gasteiger partial charge on any atom is -0.507 e. The molecule has 0 spiro atoms. The van der Waals surface area contributed by atoms with Gasteiger partial charge in [0, 0.05) is 17.7 Å². The van der Waals surface area contributed by atoms with Gasteiger partial charge in [-0.1, -0.05) is 65.6 Å². The van der Waals surface area contributed by atoms with Crippen molar-refractivity contribution in [1.29, 1.82) is 0 Å². The zero-order valence-corrected chi connectivity index (χ0v) is 23.4. The van der Waals surface area contributed by atoms with E-state index >= 15 is 0 Å². The second kappa shape index (κ2) is 10.8. The lowest BCUT2D eigenvalue weighted by Crippen LogP contribution is -2.29. The second-order valence-corrected chi connectivity index (χ2v) is 11.7. The van der Waals surface area contributed by atoms with Crippen LogP contribution in [0, 0.1) is 0 Å². The Morgan fingerprint density at radius 2 is 1.88 bits per heavy atom. The maximum Gasteiger partial charge on any atom is 0.301 e. The fourth-order valence-electron chi connectivity index (χ4n) is 4.93. The van der Waals surface area contributed by atoms with Crippen LogP contribution in [0.2, 0.25) is 0 Å². The Kier molecular flexibility index (Phi) is 7.03. The van der Waals surface area contributed by atoms with Crippen LogP contribution in [0.3, 0.4) is 0 Å². The molecule has 6 rings (SSSR count). The third-order valence-electron chi connectivity index (χ3n) is 6.85. The quantitative estimate of drug-likeness (QED) is 0.0978. The molecule has 8 nitrogen and oxygen atoms in total. The molecule has 3 heterocycles. The first-order valence-corrected chi connectivity index (χ1v) is 14.5. The second-order valence-electron chi connectivity index (χ2n) is 9.52. The van der Waals surface area contributed by atoms with Gasteiger partial charge in [-0.05, 0) is 53.9 Å². The Morgan fingerprint density at radius 3 is 2.62 bits per heavy atom. The lowest BCUT2D eigenvalue weighted by molar-refractivity contribution is -0.132. The van der Waals surface area contributed by atoms with Crippen molar-refractivity contribution in [2.75, 3.05) is 12.0 Å². The molecule has 1 saturated heterocycles. The maximum absolute atomic E-state index is 13.5. The van der Waals surface area contributed by atoms with Gasteiger partial charge in [-0.2, -0.15) is 0 Å². The van der Waals surface area contributed by atoms with Crippen molar-refractivity contribution in [3.8, 4) is 11.5 Å². The fourth-order valence-corrected chi connectivity index (χ4v) is 6.76. The highest BCUT2D eigenvalue weighted by Gasteiger charge is 2.48. The van der Waals surface area contributed by atoms with Gasteiger partial charge < -0.3 is 14.6 Å². The molecule has 2 aliphatic rings. The van der Waals surface area contributed by atoms with Crippen LogP contribution in [0.5, 0.6) is 11.5 Å². The highest BCUT2D eigenvalue weighted by atomic mass is 32.2. The number of hydrogen-bond donors (Lipinski definition) is 1. The Labute approximate surface area is 239 Å². The third-order valence-corrected chi connectivity index (χ3v) is 8.98. The van der Waals surface area contributed by atoms with Crippen molar-refractivity contribution in [3.05, 3.63) is 101 Å². The van der Waals surface area contributed by atoms with E-state index in [2.05, 4.69) is 10.2 Å². The maximum atomic E-state index is 13.5. The summed E-state index contributed by atoms with van der Waals surface area (Å²) in [6, 6.07) is 21.5. The SMILES string of the molecule is COc1ccc([C@H]2C(=C(O)c3ccc4c(c3)C[C@H](C)O4)C(=O)C(=O)N2c2nnc(SCc3ccccc3)s2)cc1. The van der Waals surface area contributed by atoms with Crippen LogP contribution in [0.1, 0.15) is 35.2 Å². The summed E-state index contributed by atoms with van der Waals surface area (Å²) in [4.78, 5) is 28.3. The number of amides is 1. The van der Waals surface area contributed by atoms with Gasteiger partial charge in [-0.3, -0.25) is 14.5 Å². The van der Waals surface area contributed by atoms with Gasteiger partial charge in [0.15, 0.2) is 4.34 Å². The summed E-state index contributed by atoms with van der Waals surface area (Å²) in [5.41, 5.74) is 3.15. The van der Waals surface area contributed by atoms with Crippen LogP contribution in [0.25, 0.3) is 5.76 Å². The number of nitrogens with zero attached hydrogens (tertiary/aromatic N) is 3. The molecule has 1 amide bonds. The number of hydrogen-bond acceptors (Lipinski definition) is 9. The highest BCUT2D eigenvalue weighted by molar-refractivity contribution is 8.00. The number of anilines is 1. The van der Waals surface area contributed by atoms with Gasteiger partial charge in [0.2, 0.25) is 5.13 Å². The minimum atomic E-state index is -0.894. The molecule has 2 aliphatic heterocycles. The molecule has 0 bridgehead atoms. The fraction of sp³-hybridized carbons (Fsp3) is 0.200. The summed E-state index contributed by atoms with van der Waals surface area (Å²) in [6.45, 7) is 1.98. The summed E-state index contributed by atoms with van der Waals surface area (Å²) in [5.74, 6) is 0.284. The largest absolute Gasteiger partial charge is 0.507 e. The van der Waals surface area contributed by atoms with Crippen molar-refractivity contribution in [2.45, 2.75) is 35.6 Å². The van der Waals surface area contributed by atoms with E-state index in [9.17, 15) is 14.7 Å². The van der Waals surface area contributed by atoms with Gasteiger partial charge >= 0.3 is 5.91 Å². The number of ether oxygens (including phenoxy) is 2. The normalized spacial score (nSPS) is 19.5. The van der Waals surface area contributed by atoms with Crippen LogP contribution >= 0.6 is 23.1 Å². The monoisotopic (exact) mass is 571 g/mol. The topological polar surface area (TPSA) is 102 Å². The van der Waals surface area contributed by atoms with Gasteiger partial charge in [0.05, 0.1) is 18.7 Å². The predicted octanol–water partition coefficient (Wildman–Crippen LogP) is 5.79. The number of rotatable bonds is 7. The van der Waals surface area contributed by atoms with E-state index in [1.807, 2.05) is 43.3 Å². The van der Waals surface area contributed by atoms with Crippen LogP contribution in [-0.2, 0) is 21.8 Å². The number of thioether (sulfide) groups is 1. The van der Waals surface area contributed by atoms with Gasteiger partial charge in [0.1, 0.15) is 23.4 Å². The minimum absolute atomic E-state index is 0.00392. The van der Waals surface area contributed by atoms with Crippen molar-refractivity contribution in [1.82, 2.24) is 10.2 Å². The third kappa shape index (κ3) is 4.84. The molecule has 4 aromatic rings. The number of Topliss-reactive ketones (excluding diaryl/α,β-unsaturated/α-hetero) is 1. The number of aliphatic hydroxyl groups is 1. The lowest BCUT2D eigenvalue weighted by Gasteiger charge is -2.22. The number of fused-ring (bicyclic) bond motifs is 1. The van der Waals surface area contributed by atoms with E-state index in [4.69, 9.17) is 9.47 Å². The van der Waals surface area contributed by atoms with E-state index in [0.717, 1.165) is 16.9 Å². The number of benzene rings is 3. The Morgan fingerprint density at radius 1 is 1.10 bits per heavy atom. The van der Waals surface area contributed by atoms with Gasteiger partial charge in [-0.15, -0.1) is 10.2 Å². The molecular weight excluding hydrogens is 546 g/mol. The zero-order valence-electron chi connectivity index (χ0n) is 21.7. The Bertz CT molecular complexity index is 1620. The molecular formula is C30H25N3O5S2. The van der Waals surface area contributed by atoms with Crippen LogP contribution < -0.4 is 14.4 Å². The van der Waals surface area contributed by atoms with Gasteiger partial charge in [0.25, 0.3) is 5.78 Å². The molecule has 1 fully saturated rings. The number of carbonyl (C=O) groups is 2. The first kappa shape index (κ1) is 26.1. The van der Waals surface area contributed by atoms with E-state index in [1.165, 1.54) is 28.0 Å². The van der Waals surface area contributed by atoms with Crippen LogP contribution in [0.4, 0.5) is 5.13 Å². The van der Waals surface area contributed by atoms with Crippen LogP contribution in [-0.4, -0.2) is 40.2 Å². The van der Waals surface area contributed by atoms with E-state index in [-0.39, 0.29) is 22.6 Å². The van der Waals surface area contributed by atoms with E-state index in [1.54, 1.807) is 43.5 Å². The highest BCUT2D eigenvalue weighted by Crippen LogP contribution is 2.45. The average molecular weight is 572 g/mol. The average Bonchev–Trinajstić information content (AvgIpc) is 3.67. The molecule has 3 aromatic carbocycles. The number of ketones is 1. The van der Waals surface area contributed by atoms with Crippen molar-refractivity contribution in [3.63, 3.8) is 0 Å².